The van der Waals surface area contributed by atoms with Gasteiger partial charge >= 0.3 is 0 Å². The number of hydrogen-bond donors (Lipinski definition) is 0. The lowest BCUT2D eigenvalue weighted by molar-refractivity contribution is 0.270. The summed E-state index contributed by atoms with van der Waals surface area (Å²) in [7, 11) is 1.58. The minimum atomic E-state index is -0.186. The maximum Gasteiger partial charge on any atom is 0.131 e. The van der Waals surface area contributed by atoms with Gasteiger partial charge in [0.15, 0.2) is 0 Å². The number of methoxy groups -OCH3 is 1. The second kappa shape index (κ2) is 9.89. The van der Waals surface area contributed by atoms with Gasteiger partial charge in [0.05, 0.1) is 7.11 Å². The molecule has 0 saturated carbocycles. The zero-order valence-electron chi connectivity index (χ0n) is 12.3. The number of hydrogen-bond acceptors (Lipinski definition) is 2. The van der Waals surface area contributed by atoms with Crippen molar-refractivity contribution >= 4 is 0 Å². The maximum absolute atomic E-state index is 13.7. The van der Waals surface area contributed by atoms with Crippen LogP contribution >= 0.6 is 0 Å². The number of rotatable bonds is 6. The summed E-state index contributed by atoms with van der Waals surface area (Å²) >= 11 is 0. The van der Waals surface area contributed by atoms with Gasteiger partial charge in [-0.1, -0.05) is 33.8 Å². The van der Waals surface area contributed by atoms with Gasteiger partial charge in [-0.25, -0.2) is 4.39 Å². The van der Waals surface area contributed by atoms with Crippen LogP contribution in [0.5, 0.6) is 5.75 Å². The SMILES string of the molecule is CC.CCCN(CC)Cc1c(F)cccc1OC. The Bertz CT molecular complexity index is 328. The van der Waals surface area contributed by atoms with Crippen molar-refractivity contribution in [3.05, 3.63) is 29.6 Å². The van der Waals surface area contributed by atoms with Crippen LogP contribution in [0.4, 0.5) is 4.39 Å². The molecule has 1 aromatic carbocycles. The van der Waals surface area contributed by atoms with Crippen LogP contribution in [-0.4, -0.2) is 25.1 Å². The Labute approximate surface area is 111 Å². The number of benzene rings is 1. The highest BCUT2D eigenvalue weighted by Gasteiger charge is 2.12. The first kappa shape index (κ1) is 16.9. The topological polar surface area (TPSA) is 12.5 Å². The van der Waals surface area contributed by atoms with Crippen LogP contribution in [0.25, 0.3) is 0 Å². The highest BCUT2D eigenvalue weighted by atomic mass is 19.1. The first-order valence-corrected chi connectivity index (χ1v) is 6.76. The predicted octanol–water partition coefficient (Wildman–Crippen LogP) is 4.09. The minimum Gasteiger partial charge on any atom is -0.496 e. The lowest BCUT2D eigenvalue weighted by atomic mass is 10.1. The number of nitrogens with zero attached hydrogens (tertiary/aromatic N) is 1. The summed E-state index contributed by atoms with van der Waals surface area (Å²) in [6, 6.07) is 4.96. The van der Waals surface area contributed by atoms with Crippen molar-refractivity contribution in [3.8, 4) is 5.75 Å². The van der Waals surface area contributed by atoms with E-state index in [1.54, 1.807) is 19.2 Å². The Morgan fingerprint density at radius 1 is 1.22 bits per heavy atom. The monoisotopic (exact) mass is 255 g/mol. The van der Waals surface area contributed by atoms with E-state index in [4.69, 9.17) is 4.74 Å². The van der Waals surface area contributed by atoms with Gasteiger partial charge in [-0.3, -0.25) is 4.90 Å². The molecule has 104 valence electrons. The van der Waals surface area contributed by atoms with Crippen molar-refractivity contribution < 1.29 is 9.13 Å². The standard InChI is InChI=1S/C13H20FNO.C2H6/c1-4-9-15(5-2)10-11-12(14)7-6-8-13(11)16-3;1-2/h6-8H,4-5,9-10H2,1-3H3;1-2H3. The fraction of sp³-hybridized carbons (Fsp3) is 0.600. The van der Waals surface area contributed by atoms with E-state index in [1.807, 2.05) is 13.8 Å². The molecule has 0 atom stereocenters. The van der Waals surface area contributed by atoms with E-state index >= 15 is 0 Å². The van der Waals surface area contributed by atoms with E-state index in [0.717, 1.165) is 19.5 Å². The first-order valence-electron chi connectivity index (χ1n) is 6.76. The molecule has 0 N–H and O–H groups in total. The Morgan fingerprint density at radius 2 is 1.89 bits per heavy atom. The van der Waals surface area contributed by atoms with Gasteiger partial charge in [0, 0.05) is 12.1 Å². The van der Waals surface area contributed by atoms with Gasteiger partial charge in [-0.05, 0) is 31.6 Å². The maximum atomic E-state index is 13.7. The van der Waals surface area contributed by atoms with Gasteiger partial charge in [0.2, 0.25) is 0 Å². The Kier molecular flexibility index (Phi) is 9.29. The Morgan fingerprint density at radius 3 is 2.39 bits per heavy atom. The summed E-state index contributed by atoms with van der Waals surface area (Å²) in [4.78, 5) is 2.21. The third-order valence-electron chi connectivity index (χ3n) is 2.66. The van der Waals surface area contributed by atoms with Crippen molar-refractivity contribution in [3.63, 3.8) is 0 Å². The first-order chi connectivity index (χ1) is 8.72. The fourth-order valence-corrected chi connectivity index (χ4v) is 1.77. The van der Waals surface area contributed by atoms with Crippen molar-refractivity contribution in [2.75, 3.05) is 20.2 Å². The molecule has 0 fully saturated rings. The predicted molar refractivity (Wildman–Crippen MR) is 75.5 cm³/mol. The van der Waals surface area contributed by atoms with Crippen LogP contribution in [0.3, 0.4) is 0 Å². The molecule has 0 heterocycles. The van der Waals surface area contributed by atoms with Crippen LogP contribution in [-0.2, 0) is 6.54 Å². The highest BCUT2D eigenvalue weighted by molar-refractivity contribution is 5.34. The molecule has 0 spiro atoms. The van der Waals surface area contributed by atoms with Crippen molar-refractivity contribution in [1.29, 1.82) is 0 Å². The normalized spacial score (nSPS) is 9.94. The van der Waals surface area contributed by atoms with E-state index in [0.29, 0.717) is 17.9 Å². The second-order valence-corrected chi connectivity index (χ2v) is 3.79. The number of ether oxygens (including phenoxy) is 1. The summed E-state index contributed by atoms with van der Waals surface area (Å²) in [5, 5.41) is 0. The molecular formula is C15H26FNO. The highest BCUT2D eigenvalue weighted by Crippen LogP contribution is 2.22. The zero-order chi connectivity index (χ0) is 14.0. The minimum absolute atomic E-state index is 0.186. The molecular weight excluding hydrogens is 229 g/mol. The largest absolute Gasteiger partial charge is 0.496 e. The summed E-state index contributed by atoms with van der Waals surface area (Å²) in [6.45, 7) is 10.7. The molecule has 3 heteroatoms. The quantitative estimate of drug-likeness (QED) is 0.759. The van der Waals surface area contributed by atoms with Crippen molar-refractivity contribution in [2.45, 2.75) is 40.7 Å². The molecule has 0 saturated heterocycles. The smallest absolute Gasteiger partial charge is 0.131 e. The molecule has 2 nitrogen and oxygen atoms in total. The average molecular weight is 255 g/mol. The fourth-order valence-electron chi connectivity index (χ4n) is 1.77. The third-order valence-corrected chi connectivity index (χ3v) is 2.66. The summed E-state index contributed by atoms with van der Waals surface area (Å²) < 4.78 is 18.9. The third kappa shape index (κ3) is 5.05. The van der Waals surface area contributed by atoms with Crippen LogP contribution in [0.15, 0.2) is 18.2 Å². The summed E-state index contributed by atoms with van der Waals surface area (Å²) in [6.07, 6.45) is 1.07. The van der Waals surface area contributed by atoms with E-state index in [1.165, 1.54) is 6.07 Å². The summed E-state index contributed by atoms with van der Waals surface area (Å²) in [5.74, 6) is 0.448. The van der Waals surface area contributed by atoms with Gasteiger partial charge in [-0.2, -0.15) is 0 Å². The van der Waals surface area contributed by atoms with E-state index in [9.17, 15) is 4.39 Å². The Hall–Kier alpha value is -1.09. The second-order valence-electron chi connectivity index (χ2n) is 3.79. The van der Waals surface area contributed by atoms with Crippen LogP contribution in [0.1, 0.15) is 39.7 Å². The van der Waals surface area contributed by atoms with Gasteiger partial charge < -0.3 is 4.74 Å². The van der Waals surface area contributed by atoms with E-state index < -0.39 is 0 Å². The molecule has 18 heavy (non-hydrogen) atoms. The van der Waals surface area contributed by atoms with Crippen LogP contribution in [0, 0.1) is 5.82 Å². The molecule has 0 bridgehead atoms. The molecule has 0 radical (unpaired) electrons. The molecule has 0 aliphatic rings. The summed E-state index contributed by atoms with van der Waals surface area (Å²) in [5.41, 5.74) is 0.653. The van der Waals surface area contributed by atoms with E-state index in [2.05, 4.69) is 18.7 Å². The van der Waals surface area contributed by atoms with Crippen LogP contribution in [0.2, 0.25) is 0 Å². The zero-order valence-corrected chi connectivity index (χ0v) is 12.3. The lowest BCUT2D eigenvalue weighted by Gasteiger charge is -2.21. The molecule has 0 amide bonds. The lowest BCUT2D eigenvalue weighted by Crippen LogP contribution is -2.24. The van der Waals surface area contributed by atoms with Crippen LogP contribution < -0.4 is 4.74 Å². The molecule has 0 aromatic heterocycles. The number of halogens is 1. The average Bonchev–Trinajstić information content (AvgIpc) is 2.42. The van der Waals surface area contributed by atoms with Gasteiger partial charge in [0.1, 0.15) is 11.6 Å². The molecule has 0 aliphatic carbocycles. The van der Waals surface area contributed by atoms with Crippen molar-refractivity contribution in [1.82, 2.24) is 4.90 Å². The van der Waals surface area contributed by atoms with E-state index in [-0.39, 0.29) is 5.82 Å². The Balaban J connectivity index is 0.00000137. The van der Waals surface area contributed by atoms with Gasteiger partial charge in [0.25, 0.3) is 0 Å². The molecule has 0 unspecified atom stereocenters. The van der Waals surface area contributed by atoms with Crippen molar-refractivity contribution in [2.24, 2.45) is 0 Å². The molecule has 1 aromatic rings. The molecule has 1 rings (SSSR count). The van der Waals surface area contributed by atoms with Gasteiger partial charge in [-0.15, -0.1) is 0 Å². The molecule has 0 aliphatic heterocycles.